The van der Waals surface area contributed by atoms with Crippen LogP contribution in [0, 0.1) is 44.7 Å². The average Bonchev–Trinajstić information content (AvgIpc) is 2.23. The second kappa shape index (κ2) is 4.47. The Morgan fingerprint density at radius 1 is 0.875 bits per heavy atom. The van der Waals surface area contributed by atoms with Crippen LogP contribution in [-0.2, 0) is 0 Å². The summed E-state index contributed by atoms with van der Waals surface area (Å²) in [5.41, 5.74) is 6.92. The van der Waals surface area contributed by atoms with Crippen molar-refractivity contribution in [2.75, 3.05) is 0 Å². The van der Waals surface area contributed by atoms with Gasteiger partial charge in [0.25, 0.3) is 0 Å². The second-order valence-electron chi connectivity index (χ2n) is 4.14. The van der Waals surface area contributed by atoms with Gasteiger partial charge in [-0.3, -0.25) is 10.1 Å². The van der Waals surface area contributed by atoms with E-state index in [2.05, 4.69) is 20.8 Å². The summed E-state index contributed by atoms with van der Waals surface area (Å²) < 4.78 is 0. The quantitative estimate of drug-likeness (QED) is 0.564. The second-order valence-corrected chi connectivity index (χ2v) is 4.14. The van der Waals surface area contributed by atoms with Gasteiger partial charge in [-0.05, 0) is 68.0 Å². The maximum atomic E-state index is 10.4. The molecule has 0 saturated heterocycles. The SMILES string of the molecule is Cc1c(C)c(C)c(C=C[N+](=O)[O-])c(C)c1C. The van der Waals surface area contributed by atoms with Crippen LogP contribution in [0.5, 0.6) is 0 Å². The van der Waals surface area contributed by atoms with Gasteiger partial charge in [-0.1, -0.05) is 0 Å². The number of rotatable bonds is 2. The largest absolute Gasteiger partial charge is 0.259 e. The van der Waals surface area contributed by atoms with Crippen molar-refractivity contribution in [1.82, 2.24) is 0 Å². The lowest BCUT2D eigenvalue weighted by atomic mass is 9.90. The third kappa shape index (κ3) is 2.13. The smallest absolute Gasteiger partial charge is 0.235 e. The molecule has 1 aromatic rings. The molecule has 0 aliphatic heterocycles. The Balaban J connectivity index is 3.45. The van der Waals surface area contributed by atoms with Crippen molar-refractivity contribution in [3.05, 3.63) is 49.7 Å². The lowest BCUT2D eigenvalue weighted by Crippen LogP contribution is -1.99. The predicted octanol–water partition coefficient (Wildman–Crippen LogP) is 3.48. The zero-order chi connectivity index (χ0) is 12.5. The third-order valence-corrected chi connectivity index (χ3v) is 3.42. The molecule has 0 heterocycles. The first-order chi connectivity index (χ1) is 7.36. The predicted molar refractivity (Wildman–Crippen MR) is 66.2 cm³/mol. The van der Waals surface area contributed by atoms with Gasteiger partial charge >= 0.3 is 0 Å². The van der Waals surface area contributed by atoms with E-state index >= 15 is 0 Å². The van der Waals surface area contributed by atoms with Gasteiger partial charge in [0, 0.05) is 6.08 Å². The molecule has 1 rings (SSSR count). The minimum Gasteiger partial charge on any atom is -0.259 e. The molecular formula is C13H17NO2. The molecule has 0 saturated carbocycles. The van der Waals surface area contributed by atoms with Crippen LogP contribution in [0.25, 0.3) is 6.08 Å². The molecule has 0 aromatic heterocycles. The average molecular weight is 219 g/mol. The summed E-state index contributed by atoms with van der Waals surface area (Å²) in [6.07, 6.45) is 2.59. The van der Waals surface area contributed by atoms with Crippen LogP contribution < -0.4 is 0 Å². The first kappa shape index (κ1) is 12.4. The Labute approximate surface area is 95.9 Å². The Morgan fingerprint density at radius 3 is 1.62 bits per heavy atom. The number of nitrogens with zero attached hydrogens (tertiary/aromatic N) is 1. The number of hydrogen-bond donors (Lipinski definition) is 0. The molecule has 3 nitrogen and oxygen atoms in total. The molecule has 0 fully saturated rings. The van der Waals surface area contributed by atoms with Crippen LogP contribution in [-0.4, -0.2) is 4.92 Å². The zero-order valence-corrected chi connectivity index (χ0v) is 10.4. The highest BCUT2D eigenvalue weighted by Crippen LogP contribution is 2.26. The minimum absolute atomic E-state index is 0.427. The fourth-order valence-electron chi connectivity index (χ4n) is 1.91. The Bertz CT molecular complexity index is 444. The van der Waals surface area contributed by atoms with E-state index in [0.29, 0.717) is 0 Å². The van der Waals surface area contributed by atoms with E-state index in [4.69, 9.17) is 0 Å². The van der Waals surface area contributed by atoms with E-state index in [0.717, 1.165) is 22.9 Å². The molecule has 0 radical (unpaired) electrons. The van der Waals surface area contributed by atoms with Crippen LogP contribution in [0.3, 0.4) is 0 Å². The highest BCUT2D eigenvalue weighted by Gasteiger charge is 2.10. The van der Waals surface area contributed by atoms with Gasteiger partial charge in [0.1, 0.15) is 0 Å². The lowest BCUT2D eigenvalue weighted by molar-refractivity contribution is -0.400. The molecule has 0 N–H and O–H groups in total. The maximum absolute atomic E-state index is 10.4. The molecule has 0 aliphatic rings. The number of nitro groups is 1. The van der Waals surface area contributed by atoms with E-state index in [1.165, 1.54) is 16.7 Å². The van der Waals surface area contributed by atoms with Crippen LogP contribution in [0.4, 0.5) is 0 Å². The molecule has 0 aliphatic carbocycles. The summed E-state index contributed by atoms with van der Waals surface area (Å²) in [5.74, 6) is 0. The van der Waals surface area contributed by atoms with Crippen LogP contribution in [0.2, 0.25) is 0 Å². The molecule has 3 heteroatoms. The first-order valence-electron chi connectivity index (χ1n) is 5.25. The summed E-state index contributed by atoms with van der Waals surface area (Å²) in [6.45, 7) is 10.2. The molecule has 1 aromatic carbocycles. The number of hydrogen-bond acceptors (Lipinski definition) is 2. The maximum Gasteiger partial charge on any atom is 0.235 e. The molecule has 0 bridgehead atoms. The highest BCUT2D eigenvalue weighted by molar-refractivity contribution is 5.62. The Hall–Kier alpha value is -1.64. The molecule has 16 heavy (non-hydrogen) atoms. The van der Waals surface area contributed by atoms with Crippen LogP contribution >= 0.6 is 0 Å². The molecule has 0 atom stereocenters. The van der Waals surface area contributed by atoms with Crippen molar-refractivity contribution in [2.24, 2.45) is 0 Å². The van der Waals surface area contributed by atoms with Crippen molar-refractivity contribution < 1.29 is 4.92 Å². The van der Waals surface area contributed by atoms with Gasteiger partial charge in [0.2, 0.25) is 6.20 Å². The standard InChI is InChI=1S/C13H17NO2/c1-8-9(2)11(4)13(6-7-14(15)16)12(5)10(8)3/h6-7H,1-5H3. The van der Waals surface area contributed by atoms with Crippen LogP contribution in [0.1, 0.15) is 33.4 Å². The summed E-state index contributed by atoms with van der Waals surface area (Å²) in [4.78, 5) is 9.92. The van der Waals surface area contributed by atoms with E-state index in [-0.39, 0.29) is 0 Å². The Kier molecular flexibility index (Phi) is 3.48. The Morgan fingerprint density at radius 2 is 1.25 bits per heavy atom. The minimum atomic E-state index is -0.427. The summed E-state index contributed by atoms with van der Waals surface area (Å²) in [7, 11) is 0. The highest BCUT2D eigenvalue weighted by atomic mass is 16.6. The van der Waals surface area contributed by atoms with Crippen molar-refractivity contribution in [3.63, 3.8) is 0 Å². The van der Waals surface area contributed by atoms with E-state index < -0.39 is 4.92 Å². The molecule has 86 valence electrons. The third-order valence-electron chi connectivity index (χ3n) is 3.42. The normalized spacial score (nSPS) is 11.1. The van der Waals surface area contributed by atoms with Crippen molar-refractivity contribution in [1.29, 1.82) is 0 Å². The van der Waals surface area contributed by atoms with Crippen molar-refractivity contribution in [3.8, 4) is 0 Å². The molecular weight excluding hydrogens is 202 g/mol. The van der Waals surface area contributed by atoms with Crippen molar-refractivity contribution in [2.45, 2.75) is 34.6 Å². The van der Waals surface area contributed by atoms with Gasteiger partial charge < -0.3 is 0 Å². The van der Waals surface area contributed by atoms with E-state index in [9.17, 15) is 10.1 Å². The summed E-state index contributed by atoms with van der Waals surface area (Å²) in [6, 6.07) is 0. The van der Waals surface area contributed by atoms with Gasteiger partial charge in [-0.25, -0.2) is 0 Å². The summed E-state index contributed by atoms with van der Waals surface area (Å²) >= 11 is 0. The first-order valence-corrected chi connectivity index (χ1v) is 5.25. The monoisotopic (exact) mass is 219 g/mol. The topological polar surface area (TPSA) is 43.1 Å². The van der Waals surface area contributed by atoms with E-state index in [1.54, 1.807) is 6.08 Å². The van der Waals surface area contributed by atoms with Gasteiger partial charge in [0.05, 0.1) is 4.92 Å². The lowest BCUT2D eigenvalue weighted by Gasteiger charge is -2.15. The summed E-state index contributed by atoms with van der Waals surface area (Å²) in [5, 5.41) is 10.4. The van der Waals surface area contributed by atoms with Gasteiger partial charge in [-0.15, -0.1) is 0 Å². The van der Waals surface area contributed by atoms with Gasteiger partial charge in [0.15, 0.2) is 0 Å². The molecule has 0 spiro atoms. The van der Waals surface area contributed by atoms with Crippen molar-refractivity contribution >= 4 is 6.08 Å². The molecule has 0 amide bonds. The fourth-order valence-corrected chi connectivity index (χ4v) is 1.91. The fraction of sp³-hybridized carbons (Fsp3) is 0.385. The number of benzene rings is 1. The molecule has 0 unspecified atom stereocenters. The van der Waals surface area contributed by atoms with E-state index in [1.807, 2.05) is 13.8 Å². The van der Waals surface area contributed by atoms with Gasteiger partial charge in [-0.2, -0.15) is 0 Å². The van der Waals surface area contributed by atoms with Crippen LogP contribution in [0.15, 0.2) is 6.20 Å². The zero-order valence-electron chi connectivity index (χ0n) is 10.4.